The molecule has 4 heterocycles. The normalized spacial score (nSPS) is 21.5. The van der Waals surface area contributed by atoms with Crippen molar-refractivity contribution in [3.8, 4) is 11.3 Å². The zero-order valence-corrected chi connectivity index (χ0v) is 19.1. The Bertz CT molecular complexity index is 1220. The van der Waals surface area contributed by atoms with Gasteiger partial charge in [-0.25, -0.2) is 0 Å². The highest BCUT2D eigenvalue weighted by molar-refractivity contribution is 5.97. The third-order valence-corrected chi connectivity index (χ3v) is 7.66. The quantitative estimate of drug-likeness (QED) is 0.614. The molecule has 2 aliphatic carbocycles. The zero-order valence-electron chi connectivity index (χ0n) is 19.1. The molecule has 2 saturated carbocycles. The molecule has 6 rings (SSSR count). The number of aromatic nitrogens is 5. The molecule has 0 bridgehead atoms. The third-order valence-electron chi connectivity index (χ3n) is 7.66. The maximum atomic E-state index is 13.5. The summed E-state index contributed by atoms with van der Waals surface area (Å²) in [5, 5.41) is 12.6. The molecule has 32 heavy (non-hydrogen) atoms. The van der Waals surface area contributed by atoms with Gasteiger partial charge in [0.2, 0.25) is 0 Å². The molecule has 9 nitrogen and oxygen atoms in total. The maximum Gasteiger partial charge on any atom is 0.264 e. The minimum absolute atomic E-state index is 0.0247. The number of likely N-dealkylation sites (N-methyl/N-ethyl adjacent to an activating group) is 1. The summed E-state index contributed by atoms with van der Waals surface area (Å²) in [6.07, 6.45) is 7.98. The number of hydrogen-bond acceptors (Lipinski definition) is 6. The Morgan fingerprint density at radius 1 is 1.19 bits per heavy atom. The molecule has 0 aromatic carbocycles. The van der Waals surface area contributed by atoms with Gasteiger partial charge in [-0.15, -0.1) is 0 Å². The van der Waals surface area contributed by atoms with E-state index in [-0.39, 0.29) is 17.4 Å². The molecule has 3 aromatic rings. The number of nitrogen functional groups attached to an aromatic ring is 1. The first-order valence-corrected chi connectivity index (χ1v) is 11.8. The van der Waals surface area contributed by atoms with Crippen LogP contribution in [0.4, 0.5) is 11.6 Å². The lowest BCUT2D eigenvalue weighted by Crippen LogP contribution is -2.32. The summed E-state index contributed by atoms with van der Waals surface area (Å²) in [5.74, 6) is 2.58. The lowest BCUT2D eigenvalue weighted by atomic mass is 10.0. The van der Waals surface area contributed by atoms with Crippen molar-refractivity contribution in [2.75, 3.05) is 37.8 Å². The SMILES string of the molecule is CN(C)[C@@H]1CCN(c2cc(-c3cn(C(C4CC4)C4CC4)c(=O)c4c(N)n[nH]c34)nn2C)C1. The first-order chi connectivity index (χ1) is 15.4. The average Bonchev–Trinajstić information content (AvgIpc) is 3.65. The number of nitrogens with one attached hydrogen (secondary N) is 1. The van der Waals surface area contributed by atoms with Crippen LogP contribution in [0.5, 0.6) is 0 Å². The number of anilines is 2. The first kappa shape index (κ1) is 19.8. The van der Waals surface area contributed by atoms with Gasteiger partial charge in [-0.3, -0.25) is 14.6 Å². The lowest BCUT2D eigenvalue weighted by Gasteiger charge is -2.21. The molecule has 1 aliphatic heterocycles. The van der Waals surface area contributed by atoms with E-state index in [1.165, 1.54) is 25.7 Å². The van der Waals surface area contributed by atoms with Gasteiger partial charge in [0.05, 0.1) is 11.2 Å². The second-order valence-electron chi connectivity index (χ2n) is 10.1. The van der Waals surface area contributed by atoms with Crippen LogP contribution >= 0.6 is 0 Å². The Labute approximate surface area is 187 Å². The van der Waals surface area contributed by atoms with Crippen molar-refractivity contribution in [1.29, 1.82) is 0 Å². The van der Waals surface area contributed by atoms with E-state index in [9.17, 15) is 4.79 Å². The number of fused-ring (bicyclic) bond motifs is 1. The van der Waals surface area contributed by atoms with E-state index in [0.29, 0.717) is 28.8 Å². The van der Waals surface area contributed by atoms with Gasteiger partial charge in [0.25, 0.3) is 5.56 Å². The fourth-order valence-electron chi connectivity index (χ4n) is 5.55. The molecule has 0 amide bonds. The predicted molar refractivity (Wildman–Crippen MR) is 126 cm³/mol. The molecule has 0 radical (unpaired) electrons. The van der Waals surface area contributed by atoms with Crippen molar-refractivity contribution in [3.63, 3.8) is 0 Å². The van der Waals surface area contributed by atoms with E-state index < -0.39 is 0 Å². The van der Waals surface area contributed by atoms with Gasteiger partial charge < -0.3 is 20.1 Å². The first-order valence-electron chi connectivity index (χ1n) is 11.8. The third kappa shape index (κ3) is 3.13. The number of aryl methyl sites for hydroxylation is 1. The van der Waals surface area contributed by atoms with Gasteiger partial charge in [-0.05, 0) is 58.0 Å². The molecule has 0 spiro atoms. The molecule has 3 aliphatic rings. The van der Waals surface area contributed by atoms with Gasteiger partial charge >= 0.3 is 0 Å². The molecule has 0 unspecified atom stereocenters. The van der Waals surface area contributed by atoms with Gasteiger partial charge in [0.15, 0.2) is 5.82 Å². The second-order valence-corrected chi connectivity index (χ2v) is 10.1. The van der Waals surface area contributed by atoms with Gasteiger partial charge in [-0.1, -0.05) is 0 Å². The highest BCUT2D eigenvalue weighted by Crippen LogP contribution is 2.52. The summed E-state index contributed by atoms with van der Waals surface area (Å²) in [6, 6.07) is 2.96. The van der Waals surface area contributed by atoms with Crippen molar-refractivity contribution < 1.29 is 0 Å². The van der Waals surface area contributed by atoms with Crippen LogP contribution in [0.25, 0.3) is 22.2 Å². The molecule has 9 heteroatoms. The van der Waals surface area contributed by atoms with Crippen LogP contribution < -0.4 is 16.2 Å². The van der Waals surface area contributed by atoms with Crippen LogP contribution in [0, 0.1) is 11.8 Å². The second kappa shape index (κ2) is 7.10. The molecule has 3 fully saturated rings. The molecule has 1 atom stereocenters. The van der Waals surface area contributed by atoms with E-state index in [2.05, 4.69) is 40.2 Å². The summed E-state index contributed by atoms with van der Waals surface area (Å²) >= 11 is 0. The minimum Gasteiger partial charge on any atom is -0.382 e. The fraction of sp³-hybridized carbons (Fsp3) is 0.609. The van der Waals surface area contributed by atoms with Gasteiger partial charge in [0, 0.05) is 50.0 Å². The summed E-state index contributed by atoms with van der Waals surface area (Å²) in [4.78, 5) is 18.2. The Balaban J connectivity index is 1.46. The fourth-order valence-corrected chi connectivity index (χ4v) is 5.55. The Morgan fingerprint density at radius 2 is 1.91 bits per heavy atom. The number of rotatable bonds is 6. The summed E-state index contributed by atoms with van der Waals surface area (Å²) < 4.78 is 3.92. The molecule has 1 saturated heterocycles. The highest BCUT2D eigenvalue weighted by Gasteiger charge is 2.43. The largest absolute Gasteiger partial charge is 0.382 e. The molecule has 170 valence electrons. The topological polar surface area (TPSA) is 101 Å². The minimum atomic E-state index is -0.0247. The van der Waals surface area contributed by atoms with E-state index in [1.54, 1.807) is 0 Å². The van der Waals surface area contributed by atoms with Crippen LogP contribution in [0.2, 0.25) is 0 Å². The standard InChI is InChI=1S/C23H32N8O/c1-28(2)15-8-9-30(11-15)18-10-17(27-29(18)3)16-12-31(21(13-4-5-13)14-6-7-14)23(32)19-20(16)25-26-22(19)24/h10,12-15,21H,4-9,11H2,1-3H3,(H3,24,25,26)/t15-/m1/s1. The van der Waals surface area contributed by atoms with Crippen LogP contribution in [0.1, 0.15) is 38.1 Å². The van der Waals surface area contributed by atoms with Crippen molar-refractivity contribution in [3.05, 3.63) is 22.6 Å². The number of hydrogen-bond donors (Lipinski definition) is 2. The predicted octanol–water partition coefficient (Wildman–Crippen LogP) is 2.21. The van der Waals surface area contributed by atoms with E-state index in [1.807, 2.05) is 22.5 Å². The van der Waals surface area contributed by atoms with Crippen molar-refractivity contribution in [2.24, 2.45) is 18.9 Å². The van der Waals surface area contributed by atoms with Crippen molar-refractivity contribution >= 4 is 22.5 Å². The summed E-state index contributed by atoms with van der Waals surface area (Å²) in [7, 11) is 6.27. The van der Waals surface area contributed by atoms with Gasteiger partial charge in [-0.2, -0.15) is 10.2 Å². The molecular formula is C23H32N8O. The molecule has 3 aromatic heterocycles. The smallest absolute Gasteiger partial charge is 0.264 e. The summed E-state index contributed by atoms with van der Waals surface area (Å²) in [5.41, 5.74) is 8.58. The van der Waals surface area contributed by atoms with Crippen molar-refractivity contribution in [2.45, 2.75) is 44.2 Å². The maximum absolute atomic E-state index is 13.5. The number of aromatic amines is 1. The van der Waals surface area contributed by atoms with E-state index in [4.69, 9.17) is 10.8 Å². The van der Waals surface area contributed by atoms with Crippen molar-refractivity contribution in [1.82, 2.24) is 29.4 Å². The molecule has 3 N–H and O–H groups in total. The Morgan fingerprint density at radius 3 is 2.53 bits per heavy atom. The Hall–Kier alpha value is -2.81. The zero-order chi connectivity index (χ0) is 22.1. The van der Waals surface area contributed by atoms with E-state index >= 15 is 0 Å². The average molecular weight is 437 g/mol. The Kier molecular flexibility index (Phi) is 4.40. The lowest BCUT2D eigenvalue weighted by molar-refractivity contribution is 0.315. The summed E-state index contributed by atoms with van der Waals surface area (Å²) in [6.45, 7) is 2.00. The molecular weight excluding hydrogens is 404 g/mol. The number of nitrogens with zero attached hydrogens (tertiary/aromatic N) is 6. The van der Waals surface area contributed by atoms with Crippen LogP contribution in [0.15, 0.2) is 17.1 Å². The highest BCUT2D eigenvalue weighted by atomic mass is 16.1. The number of pyridine rings is 1. The van der Waals surface area contributed by atoms with Crippen LogP contribution in [0.3, 0.4) is 0 Å². The number of nitrogens with two attached hydrogens (primary N) is 1. The number of H-pyrrole nitrogens is 1. The van der Waals surface area contributed by atoms with Crippen LogP contribution in [-0.4, -0.2) is 62.7 Å². The van der Waals surface area contributed by atoms with E-state index in [0.717, 1.165) is 36.6 Å². The van der Waals surface area contributed by atoms with Crippen LogP contribution in [-0.2, 0) is 7.05 Å². The van der Waals surface area contributed by atoms with Gasteiger partial charge in [0.1, 0.15) is 11.2 Å². The monoisotopic (exact) mass is 436 g/mol.